The molecule has 0 heterocycles. The van der Waals surface area contributed by atoms with Crippen LogP contribution >= 0.6 is 0 Å². The van der Waals surface area contributed by atoms with Gasteiger partial charge in [0.15, 0.2) is 0 Å². The molecular weight excluding hydrogens is 234 g/mol. The van der Waals surface area contributed by atoms with Crippen LogP contribution in [0.5, 0.6) is 0 Å². The first-order chi connectivity index (χ1) is 8.88. The minimum atomic E-state index is 0.0740. The van der Waals surface area contributed by atoms with Gasteiger partial charge in [0.2, 0.25) is 5.91 Å². The first-order valence-corrected chi connectivity index (χ1v) is 6.96. The van der Waals surface area contributed by atoms with Crippen molar-refractivity contribution < 1.29 is 4.79 Å². The van der Waals surface area contributed by atoms with Gasteiger partial charge in [-0.3, -0.25) is 4.79 Å². The van der Waals surface area contributed by atoms with Crippen molar-refractivity contribution in [2.75, 3.05) is 13.1 Å². The van der Waals surface area contributed by atoms with Gasteiger partial charge in [-0.05, 0) is 36.5 Å². The average molecular weight is 259 g/mol. The predicted octanol–water partition coefficient (Wildman–Crippen LogP) is 3.87. The van der Waals surface area contributed by atoms with Crippen LogP contribution in [0.15, 0.2) is 30.3 Å². The Morgan fingerprint density at radius 1 is 1.11 bits per heavy atom. The Balaban J connectivity index is 2.76. The highest BCUT2D eigenvalue weighted by molar-refractivity contribution is 5.91. The summed E-state index contributed by atoms with van der Waals surface area (Å²) in [5.74, 6) is 0.0740. The van der Waals surface area contributed by atoms with Crippen LogP contribution in [-0.2, 0) is 10.2 Å². The maximum atomic E-state index is 11.8. The molecule has 0 saturated carbocycles. The first-order valence-electron chi connectivity index (χ1n) is 6.96. The molecule has 0 aromatic heterocycles. The van der Waals surface area contributed by atoms with Crippen LogP contribution in [0.4, 0.5) is 0 Å². The Bertz CT molecular complexity index is 433. The second-order valence-electron chi connectivity index (χ2n) is 5.72. The van der Waals surface area contributed by atoms with Gasteiger partial charge in [-0.2, -0.15) is 0 Å². The molecule has 2 heteroatoms. The molecule has 1 amide bonds. The van der Waals surface area contributed by atoms with Gasteiger partial charge in [-0.1, -0.05) is 45.0 Å². The van der Waals surface area contributed by atoms with Crippen molar-refractivity contribution in [3.63, 3.8) is 0 Å². The van der Waals surface area contributed by atoms with Gasteiger partial charge in [0.1, 0.15) is 0 Å². The van der Waals surface area contributed by atoms with Gasteiger partial charge in [0.05, 0.1) is 0 Å². The van der Waals surface area contributed by atoms with E-state index < -0.39 is 0 Å². The minimum absolute atomic E-state index is 0.0740. The smallest absolute Gasteiger partial charge is 0.246 e. The molecule has 0 radical (unpaired) electrons. The monoisotopic (exact) mass is 259 g/mol. The van der Waals surface area contributed by atoms with Gasteiger partial charge < -0.3 is 4.90 Å². The molecule has 0 aliphatic rings. The van der Waals surface area contributed by atoms with Gasteiger partial charge in [-0.15, -0.1) is 0 Å². The van der Waals surface area contributed by atoms with Crippen LogP contribution in [0, 0.1) is 0 Å². The van der Waals surface area contributed by atoms with Crippen molar-refractivity contribution in [1.29, 1.82) is 0 Å². The zero-order chi connectivity index (χ0) is 14.5. The van der Waals surface area contributed by atoms with Crippen LogP contribution in [0.1, 0.15) is 45.7 Å². The van der Waals surface area contributed by atoms with Gasteiger partial charge in [-0.25, -0.2) is 0 Å². The number of hydrogen-bond acceptors (Lipinski definition) is 1. The minimum Gasteiger partial charge on any atom is -0.340 e. The Hall–Kier alpha value is -1.57. The number of carbonyl (C=O) groups is 1. The lowest BCUT2D eigenvalue weighted by Crippen LogP contribution is -2.28. The summed E-state index contributed by atoms with van der Waals surface area (Å²) >= 11 is 0. The number of rotatable bonds is 4. The van der Waals surface area contributed by atoms with E-state index in [-0.39, 0.29) is 11.3 Å². The summed E-state index contributed by atoms with van der Waals surface area (Å²) in [6.45, 7) is 12.1. The zero-order valence-electron chi connectivity index (χ0n) is 12.7. The second-order valence-corrected chi connectivity index (χ2v) is 5.72. The quantitative estimate of drug-likeness (QED) is 0.752. The topological polar surface area (TPSA) is 20.3 Å². The number of benzene rings is 1. The van der Waals surface area contributed by atoms with Crippen LogP contribution in [0.25, 0.3) is 6.08 Å². The SMILES string of the molecule is CCN(CC)C(=O)/C=C/c1ccc(C(C)(C)C)cc1. The summed E-state index contributed by atoms with van der Waals surface area (Å²) in [7, 11) is 0. The van der Waals surface area contributed by atoms with E-state index in [1.54, 1.807) is 11.0 Å². The predicted molar refractivity (Wildman–Crippen MR) is 82.1 cm³/mol. The maximum Gasteiger partial charge on any atom is 0.246 e. The van der Waals surface area contributed by atoms with E-state index in [9.17, 15) is 4.79 Å². The fourth-order valence-electron chi connectivity index (χ4n) is 1.90. The maximum absolute atomic E-state index is 11.8. The Morgan fingerprint density at radius 3 is 2.05 bits per heavy atom. The summed E-state index contributed by atoms with van der Waals surface area (Å²) in [6.07, 6.45) is 3.53. The van der Waals surface area contributed by atoms with Crippen molar-refractivity contribution in [3.8, 4) is 0 Å². The lowest BCUT2D eigenvalue weighted by Gasteiger charge is -2.18. The summed E-state index contributed by atoms with van der Waals surface area (Å²) in [6, 6.07) is 8.38. The molecule has 2 nitrogen and oxygen atoms in total. The van der Waals surface area contributed by atoms with E-state index in [0.29, 0.717) is 0 Å². The van der Waals surface area contributed by atoms with Crippen molar-refractivity contribution in [1.82, 2.24) is 4.90 Å². The highest BCUT2D eigenvalue weighted by Crippen LogP contribution is 2.22. The molecule has 0 fully saturated rings. The van der Waals surface area contributed by atoms with Crippen LogP contribution < -0.4 is 0 Å². The van der Waals surface area contributed by atoms with Crippen LogP contribution in [0.3, 0.4) is 0 Å². The molecule has 0 N–H and O–H groups in total. The molecule has 0 saturated heterocycles. The highest BCUT2D eigenvalue weighted by atomic mass is 16.2. The van der Waals surface area contributed by atoms with Crippen molar-refractivity contribution in [2.45, 2.75) is 40.0 Å². The Labute approximate surface area is 117 Å². The highest BCUT2D eigenvalue weighted by Gasteiger charge is 2.12. The van der Waals surface area contributed by atoms with E-state index >= 15 is 0 Å². The largest absolute Gasteiger partial charge is 0.340 e. The molecule has 0 atom stereocenters. The first kappa shape index (κ1) is 15.5. The molecule has 0 bridgehead atoms. The standard InChI is InChI=1S/C17H25NO/c1-6-18(7-2)16(19)13-10-14-8-11-15(12-9-14)17(3,4)5/h8-13H,6-7H2,1-5H3/b13-10+. The van der Waals surface area contributed by atoms with Crippen LogP contribution in [0.2, 0.25) is 0 Å². The third-order valence-electron chi connectivity index (χ3n) is 3.27. The van der Waals surface area contributed by atoms with E-state index in [4.69, 9.17) is 0 Å². The molecule has 19 heavy (non-hydrogen) atoms. The van der Waals surface area contributed by atoms with E-state index in [1.807, 2.05) is 19.9 Å². The normalized spacial score (nSPS) is 11.8. The lowest BCUT2D eigenvalue weighted by molar-refractivity contribution is -0.125. The van der Waals surface area contributed by atoms with Crippen molar-refractivity contribution in [2.24, 2.45) is 0 Å². The molecule has 0 unspecified atom stereocenters. The molecule has 1 rings (SSSR count). The lowest BCUT2D eigenvalue weighted by atomic mass is 9.87. The fraction of sp³-hybridized carbons (Fsp3) is 0.471. The molecular formula is C17H25NO. The van der Waals surface area contributed by atoms with E-state index in [0.717, 1.165) is 18.7 Å². The molecule has 1 aromatic rings. The number of amides is 1. The van der Waals surface area contributed by atoms with Crippen LogP contribution in [-0.4, -0.2) is 23.9 Å². The zero-order valence-corrected chi connectivity index (χ0v) is 12.7. The molecule has 0 aliphatic carbocycles. The molecule has 0 aliphatic heterocycles. The second kappa shape index (κ2) is 6.55. The van der Waals surface area contributed by atoms with Gasteiger partial charge in [0.25, 0.3) is 0 Å². The number of likely N-dealkylation sites (N-methyl/N-ethyl adjacent to an activating group) is 1. The summed E-state index contributed by atoms with van der Waals surface area (Å²) < 4.78 is 0. The summed E-state index contributed by atoms with van der Waals surface area (Å²) in [5, 5.41) is 0. The van der Waals surface area contributed by atoms with Gasteiger partial charge in [0, 0.05) is 19.2 Å². The number of hydrogen-bond donors (Lipinski definition) is 0. The van der Waals surface area contributed by atoms with E-state index in [2.05, 4.69) is 45.0 Å². The third kappa shape index (κ3) is 4.55. The average Bonchev–Trinajstić information content (AvgIpc) is 2.37. The summed E-state index contributed by atoms with van der Waals surface area (Å²) in [5.41, 5.74) is 2.53. The molecule has 104 valence electrons. The number of nitrogens with zero attached hydrogens (tertiary/aromatic N) is 1. The Kier molecular flexibility index (Phi) is 5.34. The summed E-state index contributed by atoms with van der Waals surface area (Å²) in [4.78, 5) is 13.6. The van der Waals surface area contributed by atoms with Gasteiger partial charge >= 0.3 is 0 Å². The number of carbonyl (C=O) groups excluding carboxylic acids is 1. The third-order valence-corrected chi connectivity index (χ3v) is 3.27. The van der Waals surface area contributed by atoms with Crippen molar-refractivity contribution in [3.05, 3.63) is 41.5 Å². The van der Waals surface area contributed by atoms with E-state index in [1.165, 1.54) is 5.56 Å². The fourth-order valence-corrected chi connectivity index (χ4v) is 1.90. The molecule has 1 aromatic carbocycles. The Morgan fingerprint density at radius 2 is 1.63 bits per heavy atom. The molecule has 0 spiro atoms. The van der Waals surface area contributed by atoms with Crippen molar-refractivity contribution >= 4 is 12.0 Å².